The van der Waals surface area contributed by atoms with Crippen molar-refractivity contribution in [2.75, 3.05) is 7.05 Å². The fraction of sp³-hybridized carbons (Fsp3) is 0.200. The fourth-order valence-corrected chi connectivity index (χ4v) is 3.78. The van der Waals surface area contributed by atoms with E-state index in [1.165, 1.54) is 18.8 Å². The smallest absolute Gasteiger partial charge is 0.321 e. The first kappa shape index (κ1) is 20.4. The number of nitrogens with zero attached hydrogens (tertiary/aromatic N) is 3. The number of carbonyl (C=O) groups is 2. The molecule has 2 aromatic heterocycles. The van der Waals surface area contributed by atoms with Crippen molar-refractivity contribution in [3.63, 3.8) is 0 Å². The second kappa shape index (κ2) is 9.24. The number of imide groups is 1. The van der Waals surface area contributed by atoms with Crippen LogP contribution in [0.5, 0.6) is 0 Å². The maximum absolute atomic E-state index is 12.8. The predicted octanol–water partition coefficient (Wildman–Crippen LogP) is 3.32. The molecule has 0 fully saturated rings. The molecule has 0 radical (unpaired) electrons. The number of hydrogen-bond acceptors (Lipinski definition) is 6. The highest BCUT2D eigenvalue weighted by molar-refractivity contribution is 8.00. The first-order chi connectivity index (χ1) is 14.0. The van der Waals surface area contributed by atoms with Gasteiger partial charge in [0.2, 0.25) is 5.91 Å². The summed E-state index contributed by atoms with van der Waals surface area (Å²) >= 11 is 1.21. The van der Waals surface area contributed by atoms with Crippen molar-refractivity contribution in [1.29, 1.82) is 0 Å². The molecule has 3 amide bonds. The van der Waals surface area contributed by atoms with E-state index in [9.17, 15) is 9.59 Å². The molecular formula is C20H21N5O3S. The zero-order valence-electron chi connectivity index (χ0n) is 16.1. The number of benzene rings is 1. The standard InChI is InChI=1S/C20H21N5O3S/c1-4-11-25-17(15-10-12-28-13(15)2)23-24-20(25)29-16(14-8-6-5-7-9-14)18(26)22-19(27)21-3/h4-10,12,16H,1,11H2,2-3H3,(H2,21,22,26,27)/t16-/m1/s1. The summed E-state index contributed by atoms with van der Waals surface area (Å²) in [7, 11) is 1.45. The monoisotopic (exact) mass is 411 g/mol. The molecule has 3 rings (SSSR count). The Morgan fingerprint density at radius 2 is 2.03 bits per heavy atom. The fourth-order valence-electron chi connectivity index (χ4n) is 2.73. The second-order valence-corrected chi connectivity index (χ2v) is 7.15. The van der Waals surface area contributed by atoms with Gasteiger partial charge in [-0.05, 0) is 18.6 Å². The molecule has 2 heterocycles. The van der Waals surface area contributed by atoms with E-state index < -0.39 is 17.2 Å². The van der Waals surface area contributed by atoms with Crippen LogP contribution < -0.4 is 10.6 Å². The Kier molecular flexibility index (Phi) is 6.50. The van der Waals surface area contributed by atoms with Gasteiger partial charge in [0.1, 0.15) is 11.0 Å². The lowest BCUT2D eigenvalue weighted by Gasteiger charge is -2.16. The Hall–Kier alpha value is -3.33. The van der Waals surface area contributed by atoms with E-state index in [2.05, 4.69) is 27.4 Å². The average Bonchev–Trinajstić information content (AvgIpc) is 3.32. The summed E-state index contributed by atoms with van der Waals surface area (Å²) in [6, 6.07) is 10.4. The maximum Gasteiger partial charge on any atom is 0.321 e. The third-order valence-electron chi connectivity index (χ3n) is 4.16. The molecule has 29 heavy (non-hydrogen) atoms. The van der Waals surface area contributed by atoms with Crippen LogP contribution in [0.25, 0.3) is 11.4 Å². The van der Waals surface area contributed by atoms with Gasteiger partial charge in [0.15, 0.2) is 11.0 Å². The number of hydrogen-bond donors (Lipinski definition) is 2. The molecule has 0 aliphatic heterocycles. The summed E-state index contributed by atoms with van der Waals surface area (Å²) in [5, 5.41) is 13.1. The van der Waals surface area contributed by atoms with Crippen molar-refractivity contribution in [2.24, 2.45) is 0 Å². The highest BCUT2D eigenvalue weighted by Crippen LogP contribution is 2.36. The molecule has 0 spiro atoms. The van der Waals surface area contributed by atoms with E-state index in [4.69, 9.17) is 4.42 Å². The van der Waals surface area contributed by atoms with Crippen LogP contribution in [0.3, 0.4) is 0 Å². The molecule has 0 aliphatic rings. The Balaban J connectivity index is 1.98. The highest BCUT2D eigenvalue weighted by atomic mass is 32.2. The molecule has 1 aromatic carbocycles. The predicted molar refractivity (Wildman–Crippen MR) is 110 cm³/mol. The van der Waals surface area contributed by atoms with Gasteiger partial charge < -0.3 is 9.73 Å². The number of aryl methyl sites for hydroxylation is 1. The number of allylic oxidation sites excluding steroid dienone is 1. The molecule has 0 aliphatic carbocycles. The zero-order chi connectivity index (χ0) is 20.8. The lowest BCUT2D eigenvalue weighted by Crippen LogP contribution is -2.39. The number of aromatic nitrogens is 3. The molecule has 0 bridgehead atoms. The van der Waals surface area contributed by atoms with Crippen molar-refractivity contribution in [3.05, 3.63) is 66.6 Å². The summed E-state index contributed by atoms with van der Waals surface area (Å²) in [5.41, 5.74) is 1.56. The van der Waals surface area contributed by atoms with Crippen molar-refractivity contribution in [3.8, 4) is 11.4 Å². The molecule has 0 saturated carbocycles. The van der Waals surface area contributed by atoms with Gasteiger partial charge >= 0.3 is 6.03 Å². The van der Waals surface area contributed by atoms with Gasteiger partial charge in [-0.15, -0.1) is 16.8 Å². The van der Waals surface area contributed by atoms with Crippen LogP contribution in [-0.4, -0.2) is 33.8 Å². The lowest BCUT2D eigenvalue weighted by atomic mass is 10.1. The van der Waals surface area contributed by atoms with E-state index in [0.717, 1.165) is 16.9 Å². The van der Waals surface area contributed by atoms with Crippen LogP contribution in [0.2, 0.25) is 0 Å². The van der Waals surface area contributed by atoms with Crippen LogP contribution in [0.1, 0.15) is 16.6 Å². The van der Waals surface area contributed by atoms with Gasteiger partial charge in [-0.3, -0.25) is 14.7 Å². The van der Waals surface area contributed by atoms with E-state index >= 15 is 0 Å². The number of furan rings is 1. The van der Waals surface area contributed by atoms with Gasteiger partial charge in [0.25, 0.3) is 0 Å². The minimum absolute atomic E-state index is 0.449. The summed E-state index contributed by atoms with van der Waals surface area (Å²) in [6.07, 6.45) is 3.32. The van der Waals surface area contributed by atoms with Crippen LogP contribution >= 0.6 is 11.8 Å². The number of thioether (sulfide) groups is 1. The SMILES string of the molecule is C=CCn1c(S[C@@H](C(=O)NC(=O)NC)c2ccccc2)nnc1-c1ccoc1C. The molecule has 2 N–H and O–H groups in total. The summed E-state index contributed by atoms with van der Waals surface area (Å²) < 4.78 is 7.24. The number of urea groups is 1. The van der Waals surface area contributed by atoms with E-state index in [1.54, 1.807) is 12.3 Å². The van der Waals surface area contributed by atoms with Crippen molar-refractivity contribution >= 4 is 23.7 Å². The summed E-state index contributed by atoms with van der Waals surface area (Å²) in [6.45, 7) is 6.10. The third kappa shape index (κ3) is 4.57. The largest absolute Gasteiger partial charge is 0.469 e. The summed E-state index contributed by atoms with van der Waals surface area (Å²) in [5.74, 6) is 0.892. The molecule has 9 heteroatoms. The Morgan fingerprint density at radius 3 is 2.66 bits per heavy atom. The number of rotatable bonds is 7. The minimum atomic E-state index is -0.695. The third-order valence-corrected chi connectivity index (χ3v) is 5.39. The Morgan fingerprint density at radius 1 is 1.28 bits per heavy atom. The second-order valence-electron chi connectivity index (χ2n) is 6.07. The minimum Gasteiger partial charge on any atom is -0.469 e. The van der Waals surface area contributed by atoms with E-state index in [1.807, 2.05) is 47.9 Å². The van der Waals surface area contributed by atoms with Crippen LogP contribution in [0.4, 0.5) is 4.79 Å². The maximum atomic E-state index is 12.8. The molecule has 150 valence electrons. The zero-order valence-corrected chi connectivity index (χ0v) is 16.9. The number of carbonyl (C=O) groups excluding carboxylic acids is 2. The van der Waals surface area contributed by atoms with Gasteiger partial charge in [0.05, 0.1) is 11.8 Å². The first-order valence-electron chi connectivity index (χ1n) is 8.88. The number of nitrogens with one attached hydrogen (secondary N) is 2. The lowest BCUT2D eigenvalue weighted by molar-refractivity contribution is -0.119. The van der Waals surface area contributed by atoms with E-state index in [0.29, 0.717) is 17.5 Å². The quantitative estimate of drug-likeness (QED) is 0.457. The summed E-state index contributed by atoms with van der Waals surface area (Å²) in [4.78, 5) is 24.5. The van der Waals surface area contributed by atoms with Crippen molar-refractivity contribution < 1.29 is 14.0 Å². The van der Waals surface area contributed by atoms with Gasteiger partial charge in [-0.1, -0.05) is 48.2 Å². The molecule has 1 atom stereocenters. The normalized spacial score (nSPS) is 11.7. The highest BCUT2D eigenvalue weighted by Gasteiger charge is 2.27. The topological polar surface area (TPSA) is 102 Å². The van der Waals surface area contributed by atoms with Crippen LogP contribution in [-0.2, 0) is 11.3 Å². The van der Waals surface area contributed by atoms with Crippen molar-refractivity contribution in [1.82, 2.24) is 25.4 Å². The Bertz CT molecular complexity index is 1010. The molecule has 3 aromatic rings. The van der Waals surface area contributed by atoms with Gasteiger partial charge in [0, 0.05) is 13.6 Å². The molecule has 0 saturated heterocycles. The van der Waals surface area contributed by atoms with Crippen LogP contribution in [0.15, 0.2) is 64.9 Å². The molecule has 8 nitrogen and oxygen atoms in total. The van der Waals surface area contributed by atoms with Crippen molar-refractivity contribution in [2.45, 2.75) is 23.9 Å². The Labute approximate surface area is 172 Å². The van der Waals surface area contributed by atoms with Crippen LogP contribution in [0, 0.1) is 6.92 Å². The average molecular weight is 411 g/mol. The number of amides is 3. The molecule has 0 unspecified atom stereocenters. The van der Waals surface area contributed by atoms with E-state index in [-0.39, 0.29) is 0 Å². The van der Waals surface area contributed by atoms with Gasteiger partial charge in [-0.25, -0.2) is 4.79 Å². The molecular weight excluding hydrogens is 390 g/mol. The van der Waals surface area contributed by atoms with Gasteiger partial charge in [-0.2, -0.15) is 0 Å². The first-order valence-corrected chi connectivity index (χ1v) is 9.75.